The maximum Gasteiger partial charge on any atom is 0.277 e. The molecule has 0 saturated heterocycles. The van der Waals surface area contributed by atoms with E-state index >= 15 is 0 Å². The zero-order chi connectivity index (χ0) is 11.0. The molecule has 2 heterocycles. The van der Waals surface area contributed by atoms with Gasteiger partial charge in [-0.3, -0.25) is 0 Å². The van der Waals surface area contributed by atoms with Gasteiger partial charge >= 0.3 is 0 Å². The third kappa shape index (κ3) is 1.44. The van der Waals surface area contributed by atoms with Crippen molar-refractivity contribution in [2.75, 3.05) is 0 Å². The van der Waals surface area contributed by atoms with E-state index in [0.29, 0.717) is 21.9 Å². The molecule has 78 valence electrons. The van der Waals surface area contributed by atoms with E-state index in [9.17, 15) is 0 Å². The molecule has 5 heteroatoms. The van der Waals surface area contributed by atoms with Crippen LogP contribution in [0.4, 0.5) is 0 Å². The Balaban J connectivity index is 2.22. The Morgan fingerprint density at radius 3 is 2.56 bits per heavy atom. The quantitative estimate of drug-likeness (QED) is 0.646. The largest absolute Gasteiger partial charge is 0.333 e. The van der Waals surface area contributed by atoms with Crippen LogP contribution in [0.1, 0.15) is 0 Å². The molecular weight excluding hydrogens is 226 g/mol. The second-order valence-corrected chi connectivity index (χ2v) is 3.68. The molecule has 2 aromatic heterocycles. The van der Waals surface area contributed by atoms with Crippen LogP contribution in [0, 0.1) is 0 Å². The molecule has 0 bridgehead atoms. The van der Waals surface area contributed by atoms with Crippen molar-refractivity contribution in [1.82, 2.24) is 15.1 Å². The van der Waals surface area contributed by atoms with Gasteiger partial charge in [-0.25, -0.2) is 9.97 Å². The number of rotatable bonds is 1. The average Bonchev–Trinajstić information content (AvgIpc) is 2.74. The van der Waals surface area contributed by atoms with Crippen molar-refractivity contribution in [3.63, 3.8) is 0 Å². The zero-order valence-electron chi connectivity index (χ0n) is 8.09. The van der Waals surface area contributed by atoms with E-state index in [2.05, 4.69) is 15.1 Å². The van der Waals surface area contributed by atoms with Crippen molar-refractivity contribution in [3.8, 4) is 11.3 Å². The Labute approximate surface area is 95.9 Å². The summed E-state index contributed by atoms with van der Waals surface area (Å²) in [6, 6.07) is 7.34. The highest BCUT2D eigenvalue weighted by molar-refractivity contribution is 6.30. The second-order valence-electron chi connectivity index (χ2n) is 3.25. The number of hydrogen-bond acceptors (Lipinski definition) is 4. The highest BCUT2D eigenvalue weighted by Gasteiger charge is 2.11. The molecule has 0 saturated carbocycles. The Kier molecular flexibility index (Phi) is 2.08. The average molecular weight is 232 g/mol. The molecule has 4 nitrogen and oxygen atoms in total. The van der Waals surface area contributed by atoms with Crippen LogP contribution in [0.3, 0.4) is 0 Å². The van der Waals surface area contributed by atoms with Crippen LogP contribution in [0.15, 0.2) is 41.2 Å². The molecule has 0 spiro atoms. The van der Waals surface area contributed by atoms with Crippen molar-refractivity contribution in [2.45, 2.75) is 0 Å². The molecule has 3 rings (SSSR count). The maximum absolute atomic E-state index is 5.82. The first kappa shape index (κ1) is 9.30. The van der Waals surface area contributed by atoms with Gasteiger partial charge in [0, 0.05) is 23.0 Å². The summed E-state index contributed by atoms with van der Waals surface area (Å²) in [7, 11) is 0. The van der Waals surface area contributed by atoms with E-state index in [1.54, 1.807) is 24.5 Å². The second kappa shape index (κ2) is 3.57. The first-order chi connectivity index (χ1) is 7.84. The molecule has 0 aliphatic heterocycles. The minimum atomic E-state index is 0.437. The number of halogens is 1. The maximum atomic E-state index is 5.82. The first-order valence-corrected chi connectivity index (χ1v) is 5.05. The summed E-state index contributed by atoms with van der Waals surface area (Å²) in [6.45, 7) is 0. The molecule has 0 amide bonds. The first-order valence-electron chi connectivity index (χ1n) is 4.67. The minimum absolute atomic E-state index is 0.437. The monoisotopic (exact) mass is 231 g/mol. The molecule has 0 aliphatic rings. The Hall–Kier alpha value is -1.94. The van der Waals surface area contributed by atoms with Gasteiger partial charge in [-0.2, -0.15) is 0 Å². The van der Waals surface area contributed by atoms with Crippen LogP contribution in [-0.4, -0.2) is 15.1 Å². The van der Waals surface area contributed by atoms with Gasteiger partial charge in [-0.15, -0.1) is 0 Å². The van der Waals surface area contributed by atoms with Crippen molar-refractivity contribution >= 4 is 22.8 Å². The van der Waals surface area contributed by atoms with Gasteiger partial charge in [0.15, 0.2) is 5.52 Å². The summed E-state index contributed by atoms with van der Waals surface area (Å²) < 4.78 is 5.08. The third-order valence-electron chi connectivity index (χ3n) is 2.23. The number of fused-ring (bicyclic) bond motifs is 1. The van der Waals surface area contributed by atoms with Crippen molar-refractivity contribution in [1.29, 1.82) is 0 Å². The van der Waals surface area contributed by atoms with Crippen LogP contribution < -0.4 is 0 Å². The van der Waals surface area contributed by atoms with E-state index in [4.69, 9.17) is 16.1 Å². The molecule has 1 aromatic carbocycles. The summed E-state index contributed by atoms with van der Waals surface area (Å²) in [5, 5.41) is 4.64. The van der Waals surface area contributed by atoms with Crippen LogP contribution in [0.5, 0.6) is 0 Å². The van der Waals surface area contributed by atoms with Gasteiger partial charge in [0.2, 0.25) is 0 Å². The molecule has 0 unspecified atom stereocenters. The van der Waals surface area contributed by atoms with Crippen molar-refractivity contribution < 1.29 is 4.52 Å². The lowest BCUT2D eigenvalue weighted by molar-refractivity contribution is 0.451. The van der Waals surface area contributed by atoms with Crippen LogP contribution in [0.2, 0.25) is 5.02 Å². The molecule has 0 N–H and O–H groups in total. The number of aromatic nitrogens is 3. The van der Waals surface area contributed by atoms with Crippen LogP contribution in [-0.2, 0) is 0 Å². The summed E-state index contributed by atoms with van der Waals surface area (Å²) in [5.74, 6) is 0. The number of benzene rings is 1. The molecule has 0 atom stereocenters. The lowest BCUT2D eigenvalue weighted by atomic mass is 10.1. The van der Waals surface area contributed by atoms with E-state index in [-0.39, 0.29) is 0 Å². The number of hydrogen-bond donors (Lipinski definition) is 0. The standard InChI is InChI=1S/C11H6ClN3O/c12-8-3-1-7(2-4-8)9-10-11(16-15-9)14-6-5-13-10/h1-6H. The van der Waals surface area contributed by atoms with Crippen LogP contribution in [0.25, 0.3) is 22.5 Å². The Morgan fingerprint density at radius 2 is 1.75 bits per heavy atom. The highest BCUT2D eigenvalue weighted by Crippen LogP contribution is 2.25. The predicted molar refractivity (Wildman–Crippen MR) is 60.0 cm³/mol. The highest BCUT2D eigenvalue weighted by atomic mass is 35.5. The summed E-state index contributed by atoms with van der Waals surface area (Å²) in [6.07, 6.45) is 3.18. The minimum Gasteiger partial charge on any atom is -0.333 e. The molecule has 0 aliphatic carbocycles. The van der Waals surface area contributed by atoms with E-state index < -0.39 is 0 Å². The van der Waals surface area contributed by atoms with Gasteiger partial charge in [-0.1, -0.05) is 28.9 Å². The van der Waals surface area contributed by atoms with E-state index in [0.717, 1.165) is 5.56 Å². The van der Waals surface area contributed by atoms with Gasteiger partial charge in [0.25, 0.3) is 5.71 Å². The summed E-state index contributed by atoms with van der Waals surface area (Å²) in [4.78, 5) is 8.22. The predicted octanol–water partition coefficient (Wildman–Crippen LogP) is 2.94. The lowest BCUT2D eigenvalue weighted by Crippen LogP contribution is -1.81. The van der Waals surface area contributed by atoms with E-state index in [1.807, 2.05) is 12.1 Å². The van der Waals surface area contributed by atoms with E-state index in [1.165, 1.54) is 0 Å². The van der Waals surface area contributed by atoms with Crippen molar-refractivity contribution in [3.05, 3.63) is 41.7 Å². The number of nitrogens with zero attached hydrogens (tertiary/aromatic N) is 3. The Bertz CT molecular complexity index is 633. The Morgan fingerprint density at radius 1 is 1.00 bits per heavy atom. The molecule has 16 heavy (non-hydrogen) atoms. The van der Waals surface area contributed by atoms with Gasteiger partial charge in [-0.05, 0) is 12.1 Å². The summed E-state index contributed by atoms with van der Waals surface area (Å²) >= 11 is 5.82. The molecule has 3 aromatic rings. The molecule has 0 fully saturated rings. The van der Waals surface area contributed by atoms with Gasteiger partial charge < -0.3 is 4.52 Å². The fraction of sp³-hybridized carbons (Fsp3) is 0. The zero-order valence-corrected chi connectivity index (χ0v) is 8.85. The normalized spacial score (nSPS) is 10.8. The SMILES string of the molecule is Clc1ccc(-c2noc3nccnc23)cc1. The van der Waals surface area contributed by atoms with Crippen LogP contribution >= 0.6 is 11.6 Å². The topological polar surface area (TPSA) is 51.8 Å². The summed E-state index contributed by atoms with van der Waals surface area (Å²) in [5.41, 5.74) is 2.68. The smallest absolute Gasteiger partial charge is 0.277 e. The van der Waals surface area contributed by atoms with Gasteiger partial charge in [0.05, 0.1) is 0 Å². The molecular formula is C11H6ClN3O. The third-order valence-corrected chi connectivity index (χ3v) is 2.48. The fourth-order valence-corrected chi connectivity index (χ4v) is 1.61. The lowest BCUT2D eigenvalue weighted by Gasteiger charge is -1.95. The fourth-order valence-electron chi connectivity index (χ4n) is 1.48. The van der Waals surface area contributed by atoms with Crippen molar-refractivity contribution in [2.24, 2.45) is 0 Å². The van der Waals surface area contributed by atoms with Gasteiger partial charge in [0.1, 0.15) is 5.69 Å². The molecule has 0 radical (unpaired) electrons.